The molecule has 7 nitrogen and oxygen atoms in total. The number of aliphatic imine (C=N–C) groups is 1. The largest absolute Gasteiger partial charge is 0.497 e. The highest BCUT2D eigenvalue weighted by Gasteiger charge is 2.04. The molecule has 0 unspecified atom stereocenters. The van der Waals surface area contributed by atoms with Crippen LogP contribution in [0.4, 0.5) is 0 Å². The van der Waals surface area contributed by atoms with Crippen LogP contribution in [0.25, 0.3) is 0 Å². The molecule has 138 valence electrons. The summed E-state index contributed by atoms with van der Waals surface area (Å²) in [5, 5.41) is 6.35. The number of hydrogen-bond acceptors (Lipinski definition) is 4. The van der Waals surface area contributed by atoms with Crippen LogP contribution in [-0.4, -0.2) is 47.4 Å². The lowest BCUT2D eigenvalue weighted by Gasteiger charge is -2.12. The fraction of sp³-hybridized carbons (Fsp3) is 0.533. The van der Waals surface area contributed by atoms with Crippen LogP contribution in [-0.2, 0) is 16.6 Å². The Hall–Kier alpha value is -1.07. The van der Waals surface area contributed by atoms with E-state index in [-0.39, 0.29) is 29.7 Å². The van der Waals surface area contributed by atoms with Gasteiger partial charge in [-0.15, -0.1) is 24.0 Å². The summed E-state index contributed by atoms with van der Waals surface area (Å²) in [7, 11) is 0.220. The first-order chi connectivity index (χ1) is 11.0. The summed E-state index contributed by atoms with van der Waals surface area (Å²) in [5.41, 5.74) is 1.09. The van der Waals surface area contributed by atoms with Crippen LogP contribution in [0, 0.1) is 0 Å². The van der Waals surface area contributed by atoms with Crippen molar-refractivity contribution in [1.29, 1.82) is 0 Å². The first kappa shape index (κ1) is 22.9. The summed E-state index contributed by atoms with van der Waals surface area (Å²) in [4.78, 5) is 4.13. The van der Waals surface area contributed by atoms with Crippen LogP contribution >= 0.6 is 24.0 Å². The Morgan fingerprint density at radius 2 is 2.00 bits per heavy atom. The number of rotatable bonds is 9. The minimum Gasteiger partial charge on any atom is -0.497 e. The Morgan fingerprint density at radius 3 is 2.62 bits per heavy atom. The van der Waals surface area contributed by atoms with Gasteiger partial charge in [0.1, 0.15) is 5.75 Å². The zero-order valence-corrected chi connectivity index (χ0v) is 17.5. The molecule has 1 aromatic rings. The molecule has 0 spiro atoms. The molecule has 0 fully saturated rings. The Labute approximate surface area is 161 Å². The standard InChI is InChI=1S/C15H26N4O3S.HI/c1-4-23(20,21)19-10-6-9-17-15(16-2)18-12-13-7-5-8-14(11-13)22-3;/h5,7-8,11,19H,4,6,9-10,12H2,1-3H3,(H2,16,17,18);1H. The fourth-order valence-corrected chi connectivity index (χ4v) is 2.47. The topological polar surface area (TPSA) is 91.8 Å². The van der Waals surface area contributed by atoms with Crippen LogP contribution in [0.3, 0.4) is 0 Å². The van der Waals surface area contributed by atoms with Crippen molar-refractivity contribution in [3.05, 3.63) is 29.8 Å². The van der Waals surface area contributed by atoms with Gasteiger partial charge in [0.25, 0.3) is 0 Å². The lowest BCUT2D eigenvalue weighted by atomic mass is 10.2. The van der Waals surface area contributed by atoms with E-state index in [1.807, 2.05) is 24.3 Å². The van der Waals surface area contributed by atoms with Gasteiger partial charge in [-0.1, -0.05) is 12.1 Å². The summed E-state index contributed by atoms with van der Waals surface area (Å²) >= 11 is 0. The maximum atomic E-state index is 11.3. The second-order valence-corrected chi connectivity index (χ2v) is 6.95. The Morgan fingerprint density at radius 1 is 1.25 bits per heavy atom. The number of hydrogen-bond donors (Lipinski definition) is 3. The average Bonchev–Trinajstić information content (AvgIpc) is 2.57. The van der Waals surface area contributed by atoms with E-state index in [1.54, 1.807) is 21.1 Å². The monoisotopic (exact) mass is 470 g/mol. The van der Waals surface area contributed by atoms with Gasteiger partial charge in [-0.05, 0) is 31.0 Å². The van der Waals surface area contributed by atoms with Gasteiger partial charge in [-0.25, -0.2) is 13.1 Å². The average molecular weight is 470 g/mol. The van der Waals surface area contributed by atoms with Gasteiger partial charge >= 0.3 is 0 Å². The molecule has 0 aliphatic carbocycles. The highest BCUT2D eigenvalue weighted by atomic mass is 127. The normalized spacial score (nSPS) is 11.5. The number of nitrogens with zero attached hydrogens (tertiary/aromatic N) is 1. The number of sulfonamides is 1. The number of guanidine groups is 1. The van der Waals surface area contributed by atoms with Crippen molar-refractivity contribution >= 4 is 40.0 Å². The van der Waals surface area contributed by atoms with E-state index in [1.165, 1.54) is 0 Å². The lowest BCUT2D eigenvalue weighted by molar-refractivity contribution is 0.414. The van der Waals surface area contributed by atoms with Crippen LogP contribution in [0.5, 0.6) is 5.75 Å². The summed E-state index contributed by atoms with van der Waals surface area (Å²) in [6.07, 6.45) is 0.680. The van der Waals surface area contributed by atoms with E-state index in [9.17, 15) is 8.42 Å². The predicted octanol–water partition coefficient (Wildman–Crippen LogP) is 1.31. The first-order valence-electron chi connectivity index (χ1n) is 7.55. The van der Waals surface area contributed by atoms with Crippen LogP contribution in [0.2, 0.25) is 0 Å². The SMILES string of the molecule is CCS(=O)(=O)NCCCNC(=NC)NCc1cccc(OC)c1.I. The molecule has 0 radical (unpaired) electrons. The van der Waals surface area contributed by atoms with E-state index in [2.05, 4.69) is 20.3 Å². The van der Waals surface area contributed by atoms with Crippen molar-refractivity contribution in [2.45, 2.75) is 19.9 Å². The third-order valence-electron chi connectivity index (χ3n) is 3.17. The molecule has 1 rings (SSSR count). The van der Waals surface area contributed by atoms with E-state index >= 15 is 0 Å². The summed E-state index contributed by atoms with van der Waals surface area (Å²) < 4.78 is 30.3. The van der Waals surface area contributed by atoms with E-state index in [4.69, 9.17) is 4.74 Å². The van der Waals surface area contributed by atoms with Crippen LogP contribution in [0.1, 0.15) is 18.9 Å². The summed E-state index contributed by atoms with van der Waals surface area (Å²) in [6, 6.07) is 7.79. The number of nitrogens with one attached hydrogen (secondary N) is 3. The third-order valence-corrected chi connectivity index (χ3v) is 4.57. The van der Waals surface area contributed by atoms with Gasteiger partial charge in [0, 0.05) is 26.7 Å². The molecule has 0 saturated heterocycles. The molecular weight excluding hydrogens is 443 g/mol. The number of methoxy groups -OCH3 is 1. The second kappa shape index (κ2) is 12.3. The van der Waals surface area contributed by atoms with Crippen molar-refractivity contribution in [3.63, 3.8) is 0 Å². The molecule has 0 amide bonds. The molecular formula is C15H27IN4O3S. The number of benzene rings is 1. The molecule has 9 heteroatoms. The smallest absolute Gasteiger partial charge is 0.211 e. The molecule has 0 aliphatic heterocycles. The first-order valence-corrected chi connectivity index (χ1v) is 9.20. The third kappa shape index (κ3) is 9.28. The van der Waals surface area contributed by atoms with Crippen molar-refractivity contribution in [2.75, 3.05) is 33.0 Å². The Kier molecular flexibility index (Phi) is 11.8. The minimum atomic E-state index is -3.11. The van der Waals surface area contributed by atoms with Crippen molar-refractivity contribution in [3.8, 4) is 5.75 Å². The fourth-order valence-electron chi connectivity index (χ4n) is 1.81. The van der Waals surface area contributed by atoms with Gasteiger partial charge in [0.2, 0.25) is 10.0 Å². The van der Waals surface area contributed by atoms with Crippen molar-refractivity contribution < 1.29 is 13.2 Å². The maximum Gasteiger partial charge on any atom is 0.211 e. The molecule has 0 aromatic heterocycles. The quantitative estimate of drug-likeness (QED) is 0.219. The Bertz CT molecular complexity index is 608. The van der Waals surface area contributed by atoms with E-state index in [0.717, 1.165) is 11.3 Å². The molecule has 0 saturated carbocycles. The maximum absolute atomic E-state index is 11.3. The number of ether oxygens (including phenoxy) is 1. The molecule has 0 bridgehead atoms. The van der Waals surface area contributed by atoms with Gasteiger partial charge in [-0.3, -0.25) is 4.99 Å². The van der Waals surface area contributed by atoms with Crippen molar-refractivity contribution in [1.82, 2.24) is 15.4 Å². The van der Waals surface area contributed by atoms with Gasteiger partial charge in [0.15, 0.2) is 5.96 Å². The second-order valence-electron chi connectivity index (χ2n) is 4.86. The van der Waals surface area contributed by atoms with Crippen LogP contribution < -0.4 is 20.1 Å². The van der Waals surface area contributed by atoms with Gasteiger partial charge in [0.05, 0.1) is 12.9 Å². The van der Waals surface area contributed by atoms with Gasteiger partial charge < -0.3 is 15.4 Å². The van der Waals surface area contributed by atoms with E-state index in [0.29, 0.717) is 32.0 Å². The van der Waals surface area contributed by atoms with E-state index < -0.39 is 10.0 Å². The van der Waals surface area contributed by atoms with Gasteiger partial charge in [-0.2, -0.15) is 0 Å². The summed E-state index contributed by atoms with van der Waals surface area (Å²) in [6.45, 7) is 3.28. The zero-order chi connectivity index (χ0) is 17.1. The minimum absolute atomic E-state index is 0. The molecule has 3 N–H and O–H groups in total. The number of halogens is 1. The summed E-state index contributed by atoms with van der Waals surface area (Å²) in [5.74, 6) is 1.59. The highest BCUT2D eigenvalue weighted by molar-refractivity contribution is 14.0. The molecule has 0 heterocycles. The predicted molar refractivity (Wildman–Crippen MR) is 109 cm³/mol. The van der Waals surface area contributed by atoms with Crippen LogP contribution in [0.15, 0.2) is 29.3 Å². The molecule has 24 heavy (non-hydrogen) atoms. The molecule has 0 atom stereocenters. The lowest BCUT2D eigenvalue weighted by Crippen LogP contribution is -2.38. The van der Waals surface area contributed by atoms with Crippen molar-refractivity contribution in [2.24, 2.45) is 4.99 Å². The zero-order valence-electron chi connectivity index (χ0n) is 14.3. The molecule has 0 aliphatic rings. The highest BCUT2D eigenvalue weighted by Crippen LogP contribution is 2.11. The molecule has 1 aromatic carbocycles. The Balaban J connectivity index is 0.00000529.